The van der Waals surface area contributed by atoms with Gasteiger partial charge in [0.2, 0.25) is 6.79 Å². The minimum Gasteiger partial charge on any atom is -0.465 e. The lowest BCUT2D eigenvalue weighted by molar-refractivity contribution is 0.0602. The SMILES string of the molecule is COC(=O)c1ccccc1NC=C(C)Cc1ccc2c(c1)OCO2. The van der Waals surface area contributed by atoms with Gasteiger partial charge in [0.15, 0.2) is 11.5 Å². The third-order valence-corrected chi connectivity index (χ3v) is 3.73. The van der Waals surface area contributed by atoms with E-state index in [1.807, 2.05) is 43.5 Å². The third-order valence-electron chi connectivity index (χ3n) is 3.73. The molecule has 0 bridgehead atoms. The molecule has 1 aliphatic rings. The van der Waals surface area contributed by atoms with Gasteiger partial charge in [0.1, 0.15) is 0 Å². The van der Waals surface area contributed by atoms with Crippen molar-refractivity contribution in [1.82, 2.24) is 0 Å². The van der Waals surface area contributed by atoms with Crippen LogP contribution >= 0.6 is 0 Å². The van der Waals surface area contributed by atoms with Crippen molar-refractivity contribution >= 4 is 11.7 Å². The van der Waals surface area contributed by atoms with Gasteiger partial charge in [-0.2, -0.15) is 0 Å². The van der Waals surface area contributed by atoms with Gasteiger partial charge in [-0.1, -0.05) is 23.8 Å². The van der Waals surface area contributed by atoms with Crippen LogP contribution in [0.2, 0.25) is 0 Å². The van der Waals surface area contributed by atoms with Crippen LogP contribution in [0.3, 0.4) is 0 Å². The molecule has 24 heavy (non-hydrogen) atoms. The highest BCUT2D eigenvalue weighted by molar-refractivity contribution is 5.95. The number of esters is 1. The number of allylic oxidation sites excluding steroid dienone is 1. The fourth-order valence-electron chi connectivity index (χ4n) is 2.52. The van der Waals surface area contributed by atoms with E-state index in [-0.39, 0.29) is 12.8 Å². The van der Waals surface area contributed by atoms with Crippen molar-refractivity contribution in [2.75, 3.05) is 19.2 Å². The molecule has 0 fully saturated rings. The molecular formula is C19H19NO4. The molecule has 0 saturated carbocycles. The Bertz CT molecular complexity index is 783. The highest BCUT2D eigenvalue weighted by Crippen LogP contribution is 2.33. The maximum atomic E-state index is 11.8. The maximum absolute atomic E-state index is 11.8. The van der Waals surface area contributed by atoms with Crippen molar-refractivity contribution in [2.24, 2.45) is 0 Å². The van der Waals surface area contributed by atoms with E-state index in [2.05, 4.69) is 5.32 Å². The molecule has 1 heterocycles. The van der Waals surface area contributed by atoms with E-state index in [9.17, 15) is 4.79 Å². The van der Waals surface area contributed by atoms with Crippen molar-refractivity contribution in [1.29, 1.82) is 0 Å². The fourth-order valence-corrected chi connectivity index (χ4v) is 2.52. The number of carbonyl (C=O) groups is 1. The molecule has 0 aromatic heterocycles. The molecule has 0 saturated heterocycles. The molecule has 0 amide bonds. The first-order valence-electron chi connectivity index (χ1n) is 7.65. The zero-order valence-corrected chi connectivity index (χ0v) is 13.7. The summed E-state index contributed by atoms with van der Waals surface area (Å²) in [5, 5.41) is 3.18. The van der Waals surface area contributed by atoms with E-state index < -0.39 is 0 Å². The van der Waals surface area contributed by atoms with Crippen LogP contribution in [-0.4, -0.2) is 19.9 Å². The van der Waals surface area contributed by atoms with Crippen LogP contribution in [0.1, 0.15) is 22.8 Å². The number of hydrogen-bond acceptors (Lipinski definition) is 5. The first-order chi connectivity index (χ1) is 11.7. The normalized spacial score (nSPS) is 12.8. The molecule has 5 heteroatoms. The molecule has 124 valence electrons. The zero-order valence-electron chi connectivity index (χ0n) is 13.7. The summed E-state index contributed by atoms with van der Waals surface area (Å²) in [6, 6.07) is 13.2. The number of carbonyl (C=O) groups excluding carboxylic acids is 1. The molecule has 0 radical (unpaired) electrons. The van der Waals surface area contributed by atoms with Crippen LogP contribution in [-0.2, 0) is 11.2 Å². The second kappa shape index (κ2) is 7.08. The van der Waals surface area contributed by atoms with Gasteiger partial charge in [0.25, 0.3) is 0 Å². The summed E-state index contributed by atoms with van der Waals surface area (Å²) in [5.41, 5.74) is 3.48. The van der Waals surface area contributed by atoms with Crippen LogP contribution < -0.4 is 14.8 Å². The van der Waals surface area contributed by atoms with Gasteiger partial charge in [0.05, 0.1) is 18.4 Å². The number of para-hydroxylation sites is 1. The van der Waals surface area contributed by atoms with E-state index in [1.165, 1.54) is 7.11 Å². The first-order valence-corrected chi connectivity index (χ1v) is 7.65. The smallest absolute Gasteiger partial charge is 0.339 e. The molecule has 1 N–H and O–H groups in total. The zero-order chi connectivity index (χ0) is 16.9. The van der Waals surface area contributed by atoms with Crippen LogP contribution in [0.4, 0.5) is 5.69 Å². The van der Waals surface area contributed by atoms with E-state index in [1.54, 1.807) is 12.1 Å². The molecule has 3 rings (SSSR count). The van der Waals surface area contributed by atoms with Crippen molar-refractivity contribution in [3.05, 3.63) is 65.4 Å². The number of ether oxygens (including phenoxy) is 3. The van der Waals surface area contributed by atoms with Gasteiger partial charge in [-0.15, -0.1) is 0 Å². The number of rotatable bonds is 5. The van der Waals surface area contributed by atoms with Gasteiger partial charge in [0, 0.05) is 6.20 Å². The number of hydrogen-bond donors (Lipinski definition) is 1. The molecule has 2 aromatic rings. The molecule has 5 nitrogen and oxygen atoms in total. The molecule has 0 atom stereocenters. The second-order valence-corrected chi connectivity index (χ2v) is 5.54. The van der Waals surface area contributed by atoms with Crippen molar-refractivity contribution in [3.63, 3.8) is 0 Å². The van der Waals surface area contributed by atoms with Crippen LogP contribution in [0.5, 0.6) is 11.5 Å². The lowest BCUT2D eigenvalue weighted by atomic mass is 10.1. The van der Waals surface area contributed by atoms with E-state index in [0.717, 1.165) is 34.7 Å². The third kappa shape index (κ3) is 3.51. The lowest BCUT2D eigenvalue weighted by Gasteiger charge is -2.09. The Morgan fingerprint density at radius 2 is 2.00 bits per heavy atom. The maximum Gasteiger partial charge on any atom is 0.339 e. The van der Waals surface area contributed by atoms with Crippen molar-refractivity contribution in [3.8, 4) is 11.5 Å². The number of fused-ring (bicyclic) bond motifs is 1. The molecule has 2 aromatic carbocycles. The highest BCUT2D eigenvalue weighted by atomic mass is 16.7. The minimum atomic E-state index is -0.361. The molecule has 0 spiro atoms. The predicted octanol–water partition coefficient (Wildman–Crippen LogP) is 3.76. The Morgan fingerprint density at radius 1 is 1.21 bits per heavy atom. The van der Waals surface area contributed by atoms with Crippen LogP contribution in [0.15, 0.2) is 54.2 Å². The summed E-state index contributed by atoms with van der Waals surface area (Å²) < 4.78 is 15.5. The van der Waals surface area contributed by atoms with Gasteiger partial charge in [-0.25, -0.2) is 4.79 Å². The van der Waals surface area contributed by atoms with Crippen molar-refractivity contribution < 1.29 is 19.0 Å². The second-order valence-electron chi connectivity index (χ2n) is 5.54. The average Bonchev–Trinajstić information content (AvgIpc) is 3.07. The number of benzene rings is 2. The standard InChI is InChI=1S/C19H19NO4/c1-13(9-14-7-8-17-18(10-14)24-12-23-17)11-20-16-6-4-3-5-15(16)19(21)22-2/h3-8,10-11,20H,9,12H2,1-2H3. The monoisotopic (exact) mass is 325 g/mol. The summed E-state index contributed by atoms with van der Waals surface area (Å²) in [5.74, 6) is 1.20. The Morgan fingerprint density at radius 3 is 2.83 bits per heavy atom. The summed E-state index contributed by atoms with van der Waals surface area (Å²) in [4.78, 5) is 11.8. The van der Waals surface area contributed by atoms with Gasteiger partial charge >= 0.3 is 5.97 Å². The lowest BCUT2D eigenvalue weighted by Crippen LogP contribution is -2.05. The summed E-state index contributed by atoms with van der Waals surface area (Å²) in [6.07, 6.45) is 2.66. The Balaban J connectivity index is 1.70. The summed E-state index contributed by atoms with van der Waals surface area (Å²) in [7, 11) is 1.37. The van der Waals surface area contributed by atoms with Gasteiger partial charge in [-0.05, 0) is 43.2 Å². The largest absolute Gasteiger partial charge is 0.465 e. The number of nitrogens with one attached hydrogen (secondary N) is 1. The number of methoxy groups -OCH3 is 1. The van der Waals surface area contributed by atoms with Crippen molar-refractivity contribution in [2.45, 2.75) is 13.3 Å². The molecular weight excluding hydrogens is 306 g/mol. The fraction of sp³-hybridized carbons (Fsp3) is 0.211. The summed E-state index contributed by atoms with van der Waals surface area (Å²) in [6.45, 7) is 2.30. The van der Waals surface area contributed by atoms with E-state index >= 15 is 0 Å². The average molecular weight is 325 g/mol. The first kappa shape index (κ1) is 15.9. The molecule has 0 aliphatic carbocycles. The quantitative estimate of drug-likeness (QED) is 0.848. The Labute approximate surface area is 140 Å². The Kier molecular flexibility index (Phi) is 4.70. The predicted molar refractivity (Wildman–Crippen MR) is 91.4 cm³/mol. The van der Waals surface area contributed by atoms with Crippen LogP contribution in [0.25, 0.3) is 0 Å². The van der Waals surface area contributed by atoms with E-state index in [0.29, 0.717) is 5.56 Å². The minimum absolute atomic E-state index is 0.277. The Hall–Kier alpha value is -2.95. The van der Waals surface area contributed by atoms with E-state index in [4.69, 9.17) is 14.2 Å². The highest BCUT2D eigenvalue weighted by Gasteiger charge is 2.13. The van der Waals surface area contributed by atoms with Gasteiger partial charge in [-0.3, -0.25) is 0 Å². The summed E-state index contributed by atoms with van der Waals surface area (Å²) >= 11 is 0. The topological polar surface area (TPSA) is 56.8 Å². The molecule has 1 aliphatic heterocycles. The van der Waals surface area contributed by atoms with Crippen LogP contribution in [0, 0.1) is 0 Å². The number of anilines is 1. The van der Waals surface area contributed by atoms with Gasteiger partial charge < -0.3 is 19.5 Å². The molecule has 0 unspecified atom stereocenters.